The summed E-state index contributed by atoms with van der Waals surface area (Å²) in [7, 11) is 0. The second-order valence-electron chi connectivity index (χ2n) is 4.65. The van der Waals surface area contributed by atoms with Crippen LogP contribution in [0.2, 0.25) is 0 Å². The molecule has 0 aliphatic heterocycles. The van der Waals surface area contributed by atoms with Gasteiger partial charge in [0.1, 0.15) is 0 Å². The highest BCUT2D eigenvalue weighted by atomic mass is 16.6. The van der Waals surface area contributed by atoms with Crippen LogP contribution in [0.5, 0.6) is 0 Å². The Balaban J connectivity index is 2.26. The number of benzene rings is 1. The van der Waals surface area contributed by atoms with Gasteiger partial charge in [0.25, 0.3) is 11.6 Å². The highest BCUT2D eigenvalue weighted by Gasteiger charge is 2.19. The quantitative estimate of drug-likeness (QED) is 0.674. The zero-order valence-electron chi connectivity index (χ0n) is 12.0. The average molecular weight is 301 g/mol. The number of nitrogens with one attached hydrogen (secondary N) is 1. The van der Waals surface area contributed by atoms with Gasteiger partial charge in [-0.2, -0.15) is 0 Å². The van der Waals surface area contributed by atoms with E-state index in [9.17, 15) is 19.7 Å². The Morgan fingerprint density at radius 2 is 2.00 bits per heavy atom. The van der Waals surface area contributed by atoms with E-state index in [1.54, 1.807) is 25.1 Å². The summed E-state index contributed by atoms with van der Waals surface area (Å²) in [6, 6.07) is 9.02. The maximum Gasteiger partial charge on any atom is 0.274 e. The van der Waals surface area contributed by atoms with Gasteiger partial charge in [0.15, 0.2) is 0 Å². The highest BCUT2D eigenvalue weighted by molar-refractivity contribution is 5.93. The van der Waals surface area contributed by atoms with Crippen molar-refractivity contribution in [1.82, 2.24) is 9.88 Å². The first-order valence-electron chi connectivity index (χ1n) is 6.73. The van der Waals surface area contributed by atoms with Gasteiger partial charge in [-0.15, -0.1) is 0 Å². The van der Waals surface area contributed by atoms with Gasteiger partial charge >= 0.3 is 0 Å². The van der Waals surface area contributed by atoms with Crippen molar-refractivity contribution in [1.29, 1.82) is 0 Å². The van der Waals surface area contributed by atoms with E-state index in [0.29, 0.717) is 17.7 Å². The number of hydrogen-bond donors (Lipinski definition) is 1. The van der Waals surface area contributed by atoms with Gasteiger partial charge < -0.3 is 9.88 Å². The van der Waals surface area contributed by atoms with Crippen molar-refractivity contribution in [3.05, 3.63) is 74.2 Å². The number of nitro groups is 1. The molecule has 1 heterocycles. The lowest BCUT2D eigenvalue weighted by molar-refractivity contribution is -0.385. The molecular formula is C15H15N3O4. The molecule has 0 saturated heterocycles. The first-order valence-corrected chi connectivity index (χ1v) is 6.73. The molecule has 7 heteroatoms. The second-order valence-corrected chi connectivity index (χ2v) is 4.65. The van der Waals surface area contributed by atoms with Crippen LogP contribution in [-0.2, 0) is 6.54 Å². The van der Waals surface area contributed by atoms with Gasteiger partial charge in [-0.05, 0) is 13.0 Å². The van der Waals surface area contributed by atoms with Crippen LogP contribution in [0, 0.1) is 10.1 Å². The predicted molar refractivity (Wildman–Crippen MR) is 80.6 cm³/mol. The van der Waals surface area contributed by atoms with Crippen LogP contribution in [0.25, 0.3) is 0 Å². The molecule has 0 fully saturated rings. The minimum Gasteiger partial charge on any atom is -0.334 e. The Hall–Kier alpha value is -2.96. The van der Waals surface area contributed by atoms with E-state index < -0.39 is 4.92 Å². The monoisotopic (exact) mass is 301 g/mol. The van der Waals surface area contributed by atoms with E-state index in [-0.39, 0.29) is 23.7 Å². The Bertz CT molecular complexity index is 734. The fraction of sp³-hybridized carbons (Fsp3) is 0.200. The normalized spacial score (nSPS) is 10.2. The lowest BCUT2D eigenvalue weighted by Crippen LogP contribution is -2.31. The molecule has 0 spiro atoms. The molecule has 7 nitrogen and oxygen atoms in total. The van der Waals surface area contributed by atoms with E-state index in [1.165, 1.54) is 29.3 Å². The Kier molecular flexibility index (Phi) is 4.67. The number of aromatic amines is 1. The summed E-state index contributed by atoms with van der Waals surface area (Å²) < 4.78 is 0. The SMILES string of the molecule is CCN(Cc1ccccc1[N+](=O)[O-])C(=O)c1ccc(=O)[nH]c1. The van der Waals surface area contributed by atoms with E-state index in [2.05, 4.69) is 4.98 Å². The van der Waals surface area contributed by atoms with Crippen LogP contribution >= 0.6 is 0 Å². The number of aromatic nitrogens is 1. The van der Waals surface area contributed by atoms with Crippen molar-refractivity contribution < 1.29 is 9.72 Å². The second kappa shape index (κ2) is 6.66. The number of rotatable bonds is 5. The maximum absolute atomic E-state index is 12.4. The molecular weight excluding hydrogens is 286 g/mol. The molecule has 0 bridgehead atoms. The number of carbonyl (C=O) groups excluding carboxylic acids is 1. The first kappa shape index (κ1) is 15.4. The number of nitro benzene ring substituents is 1. The number of carbonyl (C=O) groups is 1. The third-order valence-electron chi connectivity index (χ3n) is 3.25. The third-order valence-corrected chi connectivity index (χ3v) is 3.25. The third kappa shape index (κ3) is 3.38. The molecule has 1 aromatic carbocycles. The van der Waals surface area contributed by atoms with E-state index in [4.69, 9.17) is 0 Å². The number of H-pyrrole nitrogens is 1. The van der Waals surface area contributed by atoms with Gasteiger partial charge in [0.05, 0.1) is 17.0 Å². The number of hydrogen-bond acceptors (Lipinski definition) is 4. The van der Waals surface area contributed by atoms with Crippen molar-refractivity contribution in [2.24, 2.45) is 0 Å². The van der Waals surface area contributed by atoms with Crippen LogP contribution in [0.1, 0.15) is 22.8 Å². The first-order chi connectivity index (χ1) is 10.5. The maximum atomic E-state index is 12.4. The van der Waals surface area contributed by atoms with E-state index in [1.807, 2.05) is 0 Å². The molecule has 1 aromatic heterocycles. The zero-order valence-corrected chi connectivity index (χ0v) is 12.0. The van der Waals surface area contributed by atoms with Gasteiger partial charge in [0, 0.05) is 30.4 Å². The molecule has 0 saturated carbocycles. The van der Waals surface area contributed by atoms with E-state index >= 15 is 0 Å². The standard InChI is InChI=1S/C15H15N3O4/c1-2-17(15(20)11-7-8-14(19)16-9-11)10-12-5-3-4-6-13(12)18(21)22/h3-9H,2,10H2,1H3,(H,16,19). The van der Waals surface area contributed by atoms with E-state index in [0.717, 1.165) is 0 Å². The summed E-state index contributed by atoms with van der Waals surface area (Å²) in [6.45, 7) is 2.31. The van der Waals surface area contributed by atoms with Crippen LogP contribution in [0.4, 0.5) is 5.69 Å². The zero-order chi connectivity index (χ0) is 16.1. The number of nitrogens with zero attached hydrogens (tertiary/aromatic N) is 2. The van der Waals surface area contributed by atoms with Crippen molar-refractivity contribution >= 4 is 11.6 Å². The molecule has 0 unspecified atom stereocenters. The molecule has 0 aliphatic carbocycles. The molecule has 0 aliphatic rings. The summed E-state index contributed by atoms with van der Waals surface area (Å²) >= 11 is 0. The summed E-state index contributed by atoms with van der Waals surface area (Å²) in [5, 5.41) is 11.0. The minimum absolute atomic E-state index is 0.0183. The summed E-state index contributed by atoms with van der Waals surface area (Å²) in [5.41, 5.74) is 0.487. The molecule has 2 aromatic rings. The van der Waals surface area contributed by atoms with Crippen LogP contribution in [-0.4, -0.2) is 27.3 Å². The largest absolute Gasteiger partial charge is 0.334 e. The summed E-state index contributed by atoms with van der Waals surface area (Å²) in [6.07, 6.45) is 1.34. The fourth-order valence-electron chi connectivity index (χ4n) is 2.08. The van der Waals surface area contributed by atoms with Gasteiger partial charge in [-0.1, -0.05) is 18.2 Å². The lowest BCUT2D eigenvalue weighted by atomic mass is 10.1. The molecule has 0 radical (unpaired) electrons. The fourth-order valence-corrected chi connectivity index (χ4v) is 2.08. The highest BCUT2D eigenvalue weighted by Crippen LogP contribution is 2.20. The predicted octanol–water partition coefficient (Wildman–Crippen LogP) is 1.95. The molecule has 0 atom stereocenters. The van der Waals surface area contributed by atoms with Crippen LogP contribution in [0.3, 0.4) is 0 Å². The summed E-state index contributed by atoms with van der Waals surface area (Å²) in [4.78, 5) is 37.9. The molecule has 1 N–H and O–H groups in total. The summed E-state index contributed by atoms with van der Waals surface area (Å²) in [5.74, 6) is -0.295. The Morgan fingerprint density at radius 1 is 1.27 bits per heavy atom. The van der Waals surface area contributed by atoms with Gasteiger partial charge in [-0.25, -0.2) is 0 Å². The molecule has 2 rings (SSSR count). The molecule has 1 amide bonds. The smallest absolute Gasteiger partial charge is 0.274 e. The van der Waals surface area contributed by atoms with Gasteiger partial charge in [-0.3, -0.25) is 19.7 Å². The Labute approximate surface area is 126 Å². The van der Waals surface area contributed by atoms with Crippen molar-refractivity contribution in [3.63, 3.8) is 0 Å². The lowest BCUT2D eigenvalue weighted by Gasteiger charge is -2.20. The van der Waals surface area contributed by atoms with Crippen molar-refractivity contribution in [2.45, 2.75) is 13.5 Å². The number of para-hydroxylation sites is 1. The topological polar surface area (TPSA) is 96.3 Å². The number of amides is 1. The number of pyridine rings is 1. The van der Waals surface area contributed by atoms with Gasteiger partial charge in [0.2, 0.25) is 5.56 Å². The minimum atomic E-state index is -0.465. The molecule has 22 heavy (non-hydrogen) atoms. The van der Waals surface area contributed by atoms with Crippen molar-refractivity contribution in [3.8, 4) is 0 Å². The Morgan fingerprint density at radius 3 is 2.59 bits per heavy atom. The molecule has 114 valence electrons. The average Bonchev–Trinajstić information content (AvgIpc) is 2.53. The van der Waals surface area contributed by atoms with Crippen LogP contribution < -0.4 is 5.56 Å². The van der Waals surface area contributed by atoms with Crippen molar-refractivity contribution in [2.75, 3.05) is 6.54 Å². The van der Waals surface area contributed by atoms with Crippen LogP contribution in [0.15, 0.2) is 47.4 Å².